The number of carbonyl (C=O) groups excluding carboxylic acids is 1. The van der Waals surface area contributed by atoms with Crippen LogP contribution in [0, 0.1) is 0 Å². The highest BCUT2D eigenvalue weighted by atomic mass is 35.5. The predicted octanol–water partition coefficient (Wildman–Crippen LogP) is 2.15. The highest BCUT2D eigenvalue weighted by Crippen LogP contribution is 2.32. The number of aromatic nitrogens is 1. The second-order valence-corrected chi connectivity index (χ2v) is 10.7. The Morgan fingerprint density at radius 2 is 1.89 bits per heavy atom. The number of fused-ring (bicyclic) bond motifs is 2. The summed E-state index contributed by atoms with van der Waals surface area (Å²) in [4.78, 5) is 28.9. The molecule has 1 fully saturated rings. The van der Waals surface area contributed by atoms with Gasteiger partial charge >= 0.3 is 5.97 Å². The van der Waals surface area contributed by atoms with Gasteiger partial charge in [0.15, 0.2) is 0 Å². The molecule has 9 heteroatoms. The Hall–Kier alpha value is -3.07. The number of quaternary nitrogens is 1. The fraction of sp³-hybridized carbons (Fsp3) is 0.379. The van der Waals surface area contributed by atoms with E-state index in [4.69, 9.17) is 9.47 Å². The largest absolute Gasteiger partial charge is 1.00 e. The van der Waals surface area contributed by atoms with Crippen molar-refractivity contribution in [2.45, 2.75) is 26.2 Å². The van der Waals surface area contributed by atoms with Gasteiger partial charge in [-0.15, -0.1) is 11.3 Å². The molecule has 4 aromatic rings. The van der Waals surface area contributed by atoms with Gasteiger partial charge in [0.25, 0.3) is 0 Å². The molecular weight excluding hydrogens is 522 g/mol. The molecule has 1 saturated heterocycles. The zero-order valence-corrected chi connectivity index (χ0v) is 23.2. The minimum atomic E-state index is -0.138. The molecule has 5 rings (SSSR count). The third kappa shape index (κ3) is 6.49. The molecule has 0 unspecified atom stereocenters. The fourth-order valence-corrected chi connectivity index (χ4v) is 5.88. The van der Waals surface area contributed by atoms with Crippen LogP contribution in [0.3, 0.4) is 0 Å². The first-order chi connectivity index (χ1) is 18.0. The van der Waals surface area contributed by atoms with Crippen molar-refractivity contribution in [1.82, 2.24) is 4.98 Å². The Kier molecular flexibility index (Phi) is 9.31. The number of aromatic amines is 1. The third-order valence-electron chi connectivity index (χ3n) is 7.28. The number of hydrogen-bond acceptors (Lipinski definition) is 6. The molecule has 2 aromatic heterocycles. The predicted molar refractivity (Wildman–Crippen MR) is 149 cm³/mol. The maximum Gasteiger partial charge on any atom is 0.309 e. The van der Waals surface area contributed by atoms with Crippen molar-refractivity contribution < 1.29 is 31.2 Å². The van der Waals surface area contributed by atoms with E-state index in [9.17, 15) is 9.59 Å². The van der Waals surface area contributed by atoms with Crippen LogP contribution in [0.2, 0.25) is 0 Å². The quantitative estimate of drug-likeness (QED) is 0.184. The van der Waals surface area contributed by atoms with Gasteiger partial charge in [-0.1, -0.05) is 13.0 Å². The summed E-state index contributed by atoms with van der Waals surface area (Å²) < 4.78 is 13.8. The van der Waals surface area contributed by atoms with Crippen molar-refractivity contribution in [2.24, 2.45) is 0 Å². The van der Waals surface area contributed by atoms with Crippen LogP contribution >= 0.6 is 11.3 Å². The molecule has 7 nitrogen and oxygen atoms in total. The summed E-state index contributed by atoms with van der Waals surface area (Å²) in [5.74, 6) is 0.618. The molecule has 2 aromatic carbocycles. The van der Waals surface area contributed by atoms with Gasteiger partial charge in [-0.2, -0.15) is 0 Å². The SMILES string of the molecule is CCC(=O)OC[N+]1(CCCCOc2ccc3ccc(=O)[nH]c3c2)CCN(c2cccc3sccc23)CC1.[Cl-]. The van der Waals surface area contributed by atoms with E-state index in [0.29, 0.717) is 19.8 Å². The Bertz CT molecular complexity index is 1430. The number of halogens is 1. The van der Waals surface area contributed by atoms with Gasteiger partial charge in [-0.3, -0.25) is 14.1 Å². The number of thiophene rings is 1. The number of unbranched alkanes of at least 4 members (excludes halogenated alkanes) is 1. The first-order valence-corrected chi connectivity index (χ1v) is 13.9. The summed E-state index contributed by atoms with van der Waals surface area (Å²) in [5, 5.41) is 4.45. The molecular formula is C29H34ClN3O4S. The third-order valence-corrected chi connectivity index (χ3v) is 8.16. The molecule has 0 radical (unpaired) electrons. The number of hydrogen-bond donors (Lipinski definition) is 1. The number of nitrogens with one attached hydrogen (secondary N) is 1. The molecule has 38 heavy (non-hydrogen) atoms. The van der Waals surface area contributed by atoms with Gasteiger partial charge in [0.2, 0.25) is 12.3 Å². The zero-order chi connectivity index (χ0) is 25.7. The van der Waals surface area contributed by atoms with Crippen LogP contribution in [0.5, 0.6) is 5.75 Å². The molecule has 0 spiro atoms. The van der Waals surface area contributed by atoms with Crippen molar-refractivity contribution in [3.63, 3.8) is 0 Å². The van der Waals surface area contributed by atoms with E-state index >= 15 is 0 Å². The summed E-state index contributed by atoms with van der Waals surface area (Å²) >= 11 is 1.78. The number of ether oxygens (including phenoxy) is 2. The van der Waals surface area contributed by atoms with Gasteiger partial charge < -0.3 is 31.8 Å². The Balaban J connectivity index is 0.00000336. The van der Waals surface area contributed by atoms with Crippen LogP contribution in [-0.2, 0) is 9.53 Å². The molecule has 1 aliphatic rings. The van der Waals surface area contributed by atoms with Gasteiger partial charge in [-0.05, 0) is 60.0 Å². The minimum Gasteiger partial charge on any atom is -1.00 e. The molecule has 1 aliphatic heterocycles. The zero-order valence-electron chi connectivity index (χ0n) is 21.7. The van der Waals surface area contributed by atoms with E-state index in [0.717, 1.165) is 66.7 Å². The molecule has 0 atom stereocenters. The standard InChI is InChI=1S/C29H33N3O4S.ClH/c1-2-29(34)36-21-32(16-13-31(14-17-32)26-6-5-7-27-24(26)12-19-37-27)15-3-4-18-35-23-10-8-22-9-11-28(33)30-25(22)20-23;/h5-12,19-20H,2-4,13-18,21H2,1H3;1H. The summed E-state index contributed by atoms with van der Waals surface area (Å²) in [6.45, 7) is 7.57. The fourth-order valence-electron chi connectivity index (χ4n) is 5.07. The number of esters is 1. The number of piperazine rings is 1. The number of carbonyl (C=O) groups is 1. The Morgan fingerprint density at radius 1 is 1.08 bits per heavy atom. The molecule has 3 heterocycles. The Morgan fingerprint density at radius 3 is 2.71 bits per heavy atom. The van der Waals surface area contributed by atoms with Crippen molar-refractivity contribution in [3.8, 4) is 5.75 Å². The van der Waals surface area contributed by atoms with Crippen molar-refractivity contribution in [2.75, 3.05) is 51.0 Å². The first kappa shape index (κ1) is 28.0. The van der Waals surface area contributed by atoms with Crippen LogP contribution in [0.4, 0.5) is 5.69 Å². The lowest BCUT2D eigenvalue weighted by molar-refractivity contribution is -0.944. The summed E-state index contributed by atoms with van der Waals surface area (Å²) in [6.07, 6.45) is 2.29. The summed E-state index contributed by atoms with van der Waals surface area (Å²) in [7, 11) is 0. The number of anilines is 1. The van der Waals surface area contributed by atoms with Crippen LogP contribution in [0.25, 0.3) is 21.0 Å². The second kappa shape index (κ2) is 12.7. The molecule has 0 amide bonds. The van der Waals surface area contributed by atoms with E-state index in [1.807, 2.05) is 31.2 Å². The second-order valence-electron chi connectivity index (χ2n) is 9.74. The average Bonchev–Trinajstić information content (AvgIpc) is 3.41. The minimum absolute atomic E-state index is 0. The molecule has 0 aliphatic carbocycles. The van der Waals surface area contributed by atoms with Crippen LogP contribution in [0.1, 0.15) is 26.2 Å². The van der Waals surface area contributed by atoms with E-state index in [1.54, 1.807) is 11.3 Å². The average molecular weight is 556 g/mol. The maximum atomic E-state index is 12.0. The van der Waals surface area contributed by atoms with E-state index in [1.165, 1.54) is 21.8 Å². The number of nitrogens with zero attached hydrogens (tertiary/aromatic N) is 2. The number of benzene rings is 2. The summed E-state index contributed by atoms with van der Waals surface area (Å²) in [6, 6.07) is 17.9. The lowest BCUT2D eigenvalue weighted by Crippen LogP contribution is -3.00. The van der Waals surface area contributed by atoms with Gasteiger partial charge in [0.05, 0.1) is 44.8 Å². The highest BCUT2D eigenvalue weighted by Gasteiger charge is 2.34. The highest BCUT2D eigenvalue weighted by molar-refractivity contribution is 7.17. The van der Waals surface area contributed by atoms with Crippen LogP contribution < -0.4 is 27.6 Å². The maximum absolute atomic E-state index is 12.0. The molecule has 202 valence electrons. The van der Waals surface area contributed by atoms with E-state index in [-0.39, 0.29) is 23.9 Å². The normalized spacial score (nSPS) is 14.8. The van der Waals surface area contributed by atoms with E-state index < -0.39 is 0 Å². The van der Waals surface area contributed by atoms with Crippen molar-refractivity contribution in [1.29, 1.82) is 0 Å². The van der Waals surface area contributed by atoms with Gasteiger partial charge in [-0.25, -0.2) is 0 Å². The van der Waals surface area contributed by atoms with Crippen molar-refractivity contribution >= 4 is 44.0 Å². The number of H-pyrrole nitrogens is 1. The van der Waals surface area contributed by atoms with E-state index in [2.05, 4.69) is 39.5 Å². The van der Waals surface area contributed by atoms with Gasteiger partial charge in [0.1, 0.15) is 5.75 Å². The molecule has 0 saturated carbocycles. The van der Waals surface area contributed by atoms with Crippen molar-refractivity contribution in [3.05, 3.63) is 70.3 Å². The van der Waals surface area contributed by atoms with Crippen LogP contribution in [0.15, 0.2) is 64.8 Å². The molecule has 0 bridgehead atoms. The monoisotopic (exact) mass is 555 g/mol. The molecule has 1 N–H and O–H groups in total. The lowest BCUT2D eigenvalue weighted by atomic mass is 10.1. The topological polar surface area (TPSA) is 71.6 Å². The Labute approximate surface area is 233 Å². The van der Waals surface area contributed by atoms with Crippen LogP contribution in [-0.4, -0.2) is 61.5 Å². The van der Waals surface area contributed by atoms with Gasteiger partial charge in [0, 0.05) is 34.3 Å². The first-order valence-electron chi connectivity index (χ1n) is 13.0. The number of pyridine rings is 1. The lowest BCUT2D eigenvalue weighted by Gasteiger charge is -2.44. The summed E-state index contributed by atoms with van der Waals surface area (Å²) in [5.41, 5.74) is 1.96. The smallest absolute Gasteiger partial charge is 0.309 e. The number of rotatable bonds is 10.